The number of H-pyrrole nitrogens is 2. The lowest BCUT2D eigenvalue weighted by Crippen LogP contribution is -2.50. The Labute approximate surface area is 421 Å². The van der Waals surface area contributed by atoms with E-state index >= 15 is 0 Å². The number of benzene rings is 5. The summed E-state index contributed by atoms with van der Waals surface area (Å²) in [4.78, 5) is 33.9. The molecule has 5 aliphatic rings. The quantitative estimate of drug-likeness (QED) is 0.0652. The van der Waals surface area contributed by atoms with Gasteiger partial charge in [-0.2, -0.15) is 25.3 Å². The number of aromatic amines is 2. The number of aliphatic hydroxyl groups is 1. The number of rotatable bonds is 3. The predicted octanol–water partition coefficient (Wildman–Crippen LogP) is 7.95. The molecule has 8 aromatic rings. The van der Waals surface area contributed by atoms with Gasteiger partial charge in [0.1, 0.15) is 33.9 Å². The highest BCUT2D eigenvalue weighted by Crippen LogP contribution is 2.64. The molecule has 7 N–H and O–H groups in total. The number of nitrogens with zero attached hydrogens (tertiary/aromatic N) is 6. The number of nitrogens with one attached hydrogen (secondary N) is 2. The highest BCUT2D eigenvalue weighted by atomic mass is 32.2. The average Bonchev–Trinajstić information content (AvgIpc) is 4.14. The highest BCUT2D eigenvalue weighted by molar-refractivity contribution is 7.86. The first-order chi connectivity index (χ1) is 35.1. The van der Waals surface area contributed by atoms with E-state index in [2.05, 4.69) is 34.8 Å². The molecule has 0 amide bonds. The smallest absolute Gasteiger partial charge is 0.294 e. The molecule has 22 heteroatoms. The Morgan fingerprint density at radius 1 is 0.554 bits per heavy atom. The summed E-state index contributed by atoms with van der Waals surface area (Å²) in [5, 5.41) is 24.2. The highest BCUT2D eigenvalue weighted by Gasteiger charge is 2.61. The van der Waals surface area contributed by atoms with Crippen molar-refractivity contribution in [2.24, 2.45) is 17.3 Å². The van der Waals surface area contributed by atoms with E-state index in [1.807, 2.05) is 6.07 Å². The van der Waals surface area contributed by atoms with Gasteiger partial charge in [0, 0.05) is 54.8 Å². The summed E-state index contributed by atoms with van der Waals surface area (Å²) in [7, 11) is -14.2. The minimum absolute atomic E-state index is 0.0112. The zero-order valence-electron chi connectivity index (χ0n) is 38.7. The van der Waals surface area contributed by atoms with E-state index in [1.54, 1.807) is 24.3 Å². The summed E-state index contributed by atoms with van der Waals surface area (Å²) in [5.74, 6) is 7.81. The maximum Gasteiger partial charge on any atom is 0.294 e. The maximum atomic E-state index is 12.6. The van der Waals surface area contributed by atoms with E-state index in [0.29, 0.717) is 40.2 Å². The fourth-order valence-electron chi connectivity index (χ4n) is 12.3. The molecule has 5 atom stereocenters. The van der Waals surface area contributed by atoms with Crippen molar-refractivity contribution in [2.75, 3.05) is 0 Å². The van der Waals surface area contributed by atoms with Gasteiger partial charge in [-0.3, -0.25) is 13.7 Å². The molecule has 2 fully saturated rings. The van der Waals surface area contributed by atoms with Gasteiger partial charge in [0.15, 0.2) is 23.3 Å². The molecular weight excluding hydrogens is 1010 g/mol. The summed E-state index contributed by atoms with van der Waals surface area (Å²) in [6.45, 7) is 2.16. The van der Waals surface area contributed by atoms with Crippen molar-refractivity contribution < 1.29 is 49.1 Å². The number of hydrogen-bond acceptors (Lipinski definition) is 14. The standard InChI is InChI=1S/C52H40N8O11S3/c1-51-17-15-32-31-10-4-27(61)21-26(31)3-9-33(32)42(51)16-19-52(51,62)18-14-25-2-8-34-38(20-25)47-53-43(34)55-48-40-23-29(73(66,67)68)6-12-36(40)45(57-48)59-50-41-24-30(74(69,70)71)7-13-37(41)46(60-50)58-49-39-22-28(72(63,64)65)5-11-35(39)44(54-47)56-49/h2,4-8,10-13,20-24,32-33,42,61-62H,3,9,15-17,19H2,1H3,(H,63,64,65)(H,66,67,68)(H,69,70,71)(H2,53,54,55,56,57,58,59,60)/t32-,33-,42+,51+,52+/m1/s1. The minimum Gasteiger partial charge on any atom is -0.508 e. The third kappa shape index (κ3) is 7.25. The lowest BCUT2D eigenvalue weighted by Gasteiger charge is -2.52. The molecule has 8 bridgehead atoms. The maximum absolute atomic E-state index is 12.6. The van der Waals surface area contributed by atoms with E-state index in [0.717, 1.165) is 38.2 Å². The molecule has 0 spiro atoms. The van der Waals surface area contributed by atoms with Gasteiger partial charge in [-0.25, -0.2) is 29.9 Å². The van der Waals surface area contributed by atoms with Crippen LogP contribution in [0.25, 0.3) is 89.7 Å². The van der Waals surface area contributed by atoms with Crippen LogP contribution in [-0.2, 0) is 36.8 Å². The normalized spacial score (nSPS) is 22.0. The van der Waals surface area contributed by atoms with Crippen molar-refractivity contribution in [2.45, 2.75) is 71.7 Å². The van der Waals surface area contributed by atoms with Crippen LogP contribution in [0.2, 0.25) is 0 Å². The number of phenols is 1. The zero-order chi connectivity index (χ0) is 51.4. The molecule has 0 saturated heterocycles. The molecule has 2 aliphatic heterocycles. The molecule has 5 aromatic carbocycles. The molecule has 13 rings (SSSR count). The van der Waals surface area contributed by atoms with Gasteiger partial charge in [0.2, 0.25) is 0 Å². The lowest BCUT2D eigenvalue weighted by atomic mass is 9.53. The second-order valence-corrected chi connectivity index (χ2v) is 24.1. The van der Waals surface area contributed by atoms with Crippen LogP contribution in [-0.4, -0.2) is 94.6 Å². The molecule has 0 radical (unpaired) electrons. The number of aromatic nitrogens is 8. The summed E-state index contributed by atoms with van der Waals surface area (Å²) in [6.07, 6.45) is 4.83. The van der Waals surface area contributed by atoms with E-state index in [-0.39, 0.29) is 85.0 Å². The lowest BCUT2D eigenvalue weighted by molar-refractivity contribution is -0.0647. The molecule has 5 heterocycles. The Morgan fingerprint density at radius 3 is 1.65 bits per heavy atom. The molecule has 74 heavy (non-hydrogen) atoms. The van der Waals surface area contributed by atoms with Gasteiger partial charge in [-0.05, 0) is 152 Å². The average molecular weight is 1050 g/mol. The fourth-order valence-corrected chi connectivity index (χ4v) is 13.8. The molecule has 19 nitrogen and oxygen atoms in total. The molecule has 3 aromatic heterocycles. The Morgan fingerprint density at radius 2 is 1.07 bits per heavy atom. The van der Waals surface area contributed by atoms with Crippen LogP contribution in [0.3, 0.4) is 0 Å². The Hall–Kier alpha value is -7.49. The number of phenolic OH excluding ortho intramolecular Hbond substituents is 1. The summed E-state index contributed by atoms with van der Waals surface area (Å²) in [5.41, 5.74) is 2.63. The van der Waals surface area contributed by atoms with Crippen LogP contribution in [0.5, 0.6) is 5.75 Å². The van der Waals surface area contributed by atoms with Crippen molar-refractivity contribution in [1.29, 1.82) is 0 Å². The number of fused-ring (bicyclic) bond motifs is 25. The van der Waals surface area contributed by atoms with Crippen LogP contribution in [0.15, 0.2) is 106 Å². The second-order valence-electron chi connectivity index (χ2n) is 19.8. The SMILES string of the molecule is C[C@]12CC[C@@H]3c4ccc(O)cc4CC[C@H]3[C@@H]1CC[C@@]2(O)C#Cc1ccc2c3nc4nc(nc5[nH]c(nc6nc(nc([nH]3)c2c1)-c1ccc(S(=O)(=O)O)cc1-6)c1ccc(S(=O)(=O)O)cc51)-c1ccc(S(=O)(=O)O)cc1-4. The van der Waals surface area contributed by atoms with E-state index in [9.17, 15) is 49.1 Å². The third-order valence-electron chi connectivity index (χ3n) is 15.9. The van der Waals surface area contributed by atoms with E-state index in [1.165, 1.54) is 59.7 Å². The molecule has 3 aliphatic carbocycles. The largest absolute Gasteiger partial charge is 0.508 e. The molecule has 372 valence electrons. The van der Waals surface area contributed by atoms with Crippen molar-refractivity contribution in [3.8, 4) is 63.1 Å². The van der Waals surface area contributed by atoms with Crippen molar-refractivity contribution >= 4 is 74.5 Å². The Bertz CT molecular complexity index is 4440. The fraction of sp³-hybridized carbons (Fsp3) is 0.231. The summed E-state index contributed by atoms with van der Waals surface area (Å²) < 4.78 is 105. The van der Waals surface area contributed by atoms with Gasteiger partial charge < -0.3 is 20.2 Å². The number of hydrogen-bond donors (Lipinski definition) is 7. The van der Waals surface area contributed by atoms with Gasteiger partial charge in [-0.15, -0.1) is 0 Å². The van der Waals surface area contributed by atoms with Crippen LogP contribution in [0.4, 0.5) is 0 Å². The van der Waals surface area contributed by atoms with Crippen molar-refractivity contribution in [1.82, 2.24) is 39.9 Å². The van der Waals surface area contributed by atoms with Gasteiger partial charge >= 0.3 is 0 Å². The van der Waals surface area contributed by atoms with Crippen LogP contribution in [0.1, 0.15) is 61.6 Å². The van der Waals surface area contributed by atoms with Crippen LogP contribution in [0, 0.1) is 29.1 Å². The van der Waals surface area contributed by atoms with Crippen molar-refractivity contribution in [3.63, 3.8) is 0 Å². The summed E-state index contributed by atoms with van der Waals surface area (Å²) >= 11 is 0. The molecule has 0 unspecified atom stereocenters. The zero-order valence-corrected chi connectivity index (χ0v) is 41.2. The second kappa shape index (κ2) is 15.8. The minimum atomic E-state index is -4.73. The first-order valence-electron chi connectivity index (χ1n) is 23.5. The number of aryl methyl sites for hydroxylation is 1. The van der Waals surface area contributed by atoms with E-state index < -0.39 is 56.1 Å². The van der Waals surface area contributed by atoms with Crippen molar-refractivity contribution in [3.05, 3.63) is 108 Å². The monoisotopic (exact) mass is 1050 g/mol. The molecular formula is C52H40N8O11S3. The summed E-state index contributed by atoms with van der Waals surface area (Å²) in [6, 6.07) is 22.3. The first-order valence-corrected chi connectivity index (χ1v) is 27.8. The number of aromatic hydroxyl groups is 1. The first kappa shape index (κ1) is 46.3. The third-order valence-corrected chi connectivity index (χ3v) is 18.5. The van der Waals surface area contributed by atoms with Crippen LogP contribution >= 0.6 is 0 Å². The van der Waals surface area contributed by atoms with Crippen LogP contribution < -0.4 is 0 Å². The van der Waals surface area contributed by atoms with Gasteiger partial charge in [-0.1, -0.05) is 24.8 Å². The Balaban J connectivity index is 1.03. The molecule has 2 saturated carbocycles. The van der Waals surface area contributed by atoms with E-state index in [4.69, 9.17) is 29.9 Å². The van der Waals surface area contributed by atoms with Gasteiger partial charge in [0.25, 0.3) is 30.4 Å². The topological polar surface area (TPSA) is 312 Å². The Kier molecular flexibility index (Phi) is 9.86. The van der Waals surface area contributed by atoms with Gasteiger partial charge in [0.05, 0.1) is 14.7 Å². The predicted molar refractivity (Wildman–Crippen MR) is 270 cm³/mol.